The van der Waals surface area contributed by atoms with E-state index in [1.54, 1.807) is 0 Å². The van der Waals surface area contributed by atoms with E-state index in [0.717, 1.165) is 6.42 Å². The monoisotopic (exact) mass is 358 g/mol. The second-order valence-corrected chi connectivity index (χ2v) is 7.15. The molecule has 7 heteroatoms. The number of carbonyl (C=O) groups is 2. The SMILES string of the molecule is CCC(CC1OC1C)C(=O)OCC(O)COC(=O)C1CCCC(O)C1. The minimum absolute atomic E-state index is 0.120. The lowest BCUT2D eigenvalue weighted by molar-refractivity contribution is -0.159. The van der Waals surface area contributed by atoms with E-state index in [1.807, 2.05) is 13.8 Å². The highest BCUT2D eigenvalue weighted by Gasteiger charge is 2.38. The van der Waals surface area contributed by atoms with Gasteiger partial charge in [0.2, 0.25) is 0 Å². The quantitative estimate of drug-likeness (QED) is 0.471. The first-order chi connectivity index (χ1) is 11.9. The highest BCUT2D eigenvalue weighted by atomic mass is 16.6. The van der Waals surface area contributed by atoms with Gasteiger partial charge in [0.05, 0.1) is 30.1 Å². The van der Waals surface area contributed by atoms with Crippen molar-refractivity contribution in [2.24, 2.45) is 11.8 Å². The maximum absolute atomic E-state index is 12.0. The molecule has 6 atom stereocenters. The van der Waals surface area contributed by atoms with Crippen LogP contribution in [-0.4, -0.2) is 59.8 Å². The van der Waals surface area contributed by atoms with Crippen molar-refractivity contribution in [1.29, 1.82) is 0 Å². The van der Waals surface area contributed by atoms with Gasteiger partial charge in [-0.15, -0.1) is 0 Å². The summed E-state index contributed by atoms with van der Waals surface area (Å²) in [6.07, 6.45) is 2.71. The topological polar surface area (TPSA) is 106 Å². The lowest BCUT2D eigenvalue weighted by atomic mass is 9.87. The number of carbonyl (C=O) groups excluding carboxylic acids is 2. The van der Waals surface area contributed by atoms with Crippen molar-refractivity contribution in [2.75, 3.05) is 13.2 Å². The van der Waals surface area contributed by atoms with Gasteiger partial charge in [-0.05, 0) is 39.0 Å². The average Bonchev–Trinajstić information content (AvgIpc) is 3.30. The fraction of sp³-hybridized carbons (Fsp3) is 0.889. The summed E-state index contributed by atoms with van der Waals surface area (Å²) in [4.78, 5) is 24.0. The van der Waals surface area contributed by atoms with Crippen LogP contribution in [0.5, 0.6) is 0 Å². The first-order valence-electron chi connectivity index (χ1n) is 9.25. The van der Waals surface area contributed by atoms with Gasteiger partial charge in [0.25, 0.3) is 0 Å². The van der Waals surface area contributed by atoms with Crippen LogP contribution in [0.15, 0.2) is 0 Å². The van der Waals surface area contributed by atoms with E-state index in [9.17, 15) is 19.8 Å². The number of epoxide rings is 1. The number of ether oxygens (including phenoxy) is 3. The summed E-state index contributed by atoms with van der Waals surface area (Å²) >= 11 is 0. The third-order valence-electron chi connectivity index (χ3n) is 5.00. The Morgan fingerprint density at radius 1 is 1.24 bits per heavy atom. The first kappa shape index (κ1) is 20.1. The van der Waals surface area contributed by atoms with E-state index in [1.165, 1.54) is 0 Å². The molecule has 2 N–H and O–H groups in total. The van der Waals surface area contributed by atoms with Crippen LogP contribution in [0.1, 0.15) is 52.4 Å². The summed E-state index contributed by atoms with van der Waals surface area (Å²) in [5.41, 5.74) is 0. The molecule has 0 bridgehead atoms. The Kier molecular flexibility index (Phi) is 7.65. The molecule has 144 valence electrons. The van der Waals surface area contributed by atoms with Crippen LogP contribution in [0.4, 0.5) is 0 Å². The van der Waals surface area contributed by atoms with Gasteiger partial charge in [-0.3, -0.25) is 9.59 Å². The third kappa shape index (κ3) is 6.56. The highest BCUT2D eigenvalue weighted by Crippen LogP contribution is 2.29. The molecule has 1 aliphatic carbocycles. The van der Waals surface area contributed by atoms with Crippen LogP contribution in [0.2, 0.25) is 0 Å². The summed E-state index contributed by atoms with van der Waals surface area (Å²) in [7, 11) is 0. The van der Waals surface area contributed by atoms with Gasteiger partial charge < -0.3 is 24.4 Å². The second kappa shape index (κ2) is 9.50. The minimum atomic E-state index is -1.05. The van der Waals surface area contributed by atoms with Crippen molar-refractivity contribution in [3.8, 4) is 0 Å². The molecule has 1 saturated heterocycles. The molecular weight excluding hydrogens is 328 g/mol. The van der Waals surface area contributed by atoms with E-state index in [2.05, 4.69) is 0 Å². The van der Waals surface area contributed by atoms with Crippen LogP contribution in [-0.2, 0) is 23.8 Å². The summed E-state index contributed by atoms with van der Waals surface area (Å²) < 4.78 is 15.6. The van der Waals surface area contributed by atoms with Crippen LogP contribution < -0.4 is 0 Å². The Morgan fingerprint density at radius 3 is 2.52 bits per heavy atom. The van der Waals surface area contributed by atoms with Crippen LogP contribution in [0.25, 0.3) is 0 Å². The molecule has 0 aromatic rings. The van der Waals surface area contributed by atoms with Gasteiger partial charge in [-0.25, -0.2) is 0 Å². The van der Waals surface area contributed by atoms with E-state index in [-0.39, 0.29) is 43.2 Å². The number of hydrogen-bond acceptors (Lipinski definition) is 7. The lowest BCUT2D eigenvalue weighted by Gasteiger charge is -2.24. The molecule has 7 nitrogen and oxygen atoms in total. The van der Waals surface area contributed by atoms with Gasteiger partial charge in [-0.2, -0.15) is 0 Å². The molecular formula is C18H30O7. The molecule has 2 rings (SSSR count). The molecule has 0 aromatic carbocycles. The fourth-order valence-electron chi connectivity index (χ4n) is 3.21. The van der Waals surface area contributed by atoms with Crippen LogP contribution >= 0.6 is 0 Å². The third-order valence-corrected chi connectivity index (χ3v) is 5.00. The molecule has 0 amide bonds. The molecule has 2 fully saturated rings. The van der Waals surface area contributed by atoms with Crippen LogP contribution in [0, 0.1) is 11.8 Å². The first-order valence-corrected chi connectivity index (χ1v) is 9.25. The number of rotatable bonds is 9. The van der Waals surface area contributed by atoms with Crippen molar-refractivity contribution in [3.05, 3.63) is 0 Å². The Bertz CT molecular complexity index is 453. The van der Waals surface area contributed by atoms with Gasteiger partial charge in [-0.1, -0.05) is 13.3 Å². The summed E-state index contributed by atoms with van der Waals surface area (Å²) in [5, 5.41) is 19.4. The summed E-state index contributed by atoms with van der Waals surface area (Å²) in [5.74, 6) is -1.32. The average molecular weight is 358 g/mol. The van der Waals surface area contributed by atoms with Gasteiger partial charge in [0, 0.05) is 0 Å². The minimum Gasteiger partial charge on any atom is -0.463 e. The molecule has 2 aliphatic rings. The Labute approximate surface area is 148 Å². The smallest absolute Gasteiger partial charge is 0.309 e. The van der Waals surface area contributed by atoms with Crippen molar-refractivity contribution in [3.63, 3.8) is 0 Å². The predicted octanol–water partition coefficient (Wildman–Crippen LogP) is 1.19. The zero-order valence-corrected chi connectivity index (χ0v) is 15.1. The molecule has 25 heavy (non-hydrogen) atoms. The zero-order chi connectivity index (χ0) is 18.4. The summed E-state index contributed by atoms with van der Waals surface area (Å²) in [6, 6.07) is 0. The standard InChI is InChI=1S/C18H30O7/c1-3-12(8-16-11(2)25-16)17(21)23-9-15(20)10-24-18(22)13-5-4-6-14(19)7-13/h11-16,19-20H,3-10H2,1-2H3. The molecule has 1 aliphatic heterocycles. The summed E-state index contributed by atoms with van der Waals surface area (Å²) in [6.45, 7) is 3.47. The van der Waals surface area contributed by atoms with Crippen LogP contribution in [0.3, 0.4) is 0 Å². The Balaban J connectivity index is 1.63. The maximum Gasteiger partial charge on any atom is 0.309 e. The van der Waals surface area contributed by atoms with Crippen molar-refractivity contribution in [2.45, 2.75) is 76.8 Å². The number of aliphatic hydroxyl groups is 2. The van der Waals surface area contributed by atoms with E-state index < -0.39 is 18.2 Å². The van der Waals surface area contributed by atoms with Crippen molar-refractivity contribution < 1.29 is 34.0 Å². The number of esters is 2. The largest absolute Gasteiger partial charge is 0.463 e. The van der Waals surface area contributed by atoms with Gasteiger partial charge in [0.15, 0.2) is 0 Å². The highest BCUT2D eigenvalue weighted by molar-refractivity contribution is 5.73. The Morgan fingerprint density at radius 2 is 1.92 bits per heavy atom. The lowest BCUT2D eigenvalue weighted by Crippen LogP contribution is -2.31. The van der Waals surface area contributed by atoms with E-state index in [0.29, 0.717) is 32.1 Å². The fourth-order valence-corrected chi connectivity index (χ4v) is 3.21. The number of hydrogen-bond donors (Lipinski definition) is 2. The van der Waals surface area contributed by atoms with E-state index >= 15 is 0 Å². The second-order valence-electron chi connectivity index (χ2n) is 7.15. The molecule has 6 unspecified atom stereocenters. The molecule has 0 radical (unpaired) electrons. The molecule has 1 heterocycles. The normalized spacial score (nSPS) is 31.0. The zero-order valence-electron chi connectivity index (χ0n) is 15.1. The number of aliphatic hydroxyl groups excluding tert-OH is 2. The van der Waals surface area contributed by atoms with Crippen molar-refractivity contribution >= 4 is 11.9 Å². The molecule has 0 aromatic heterocycles. The van der Waals surface area contributed by atoms with Crippen molar-refractivity contribution in [1.82, 2.24) is 0 Å². The maximum atomic E-state index is 12.0. The van der Waals surface area contributed by atoms with Gasteiger partial charge in [0.1, 0.15) is 19.3 Å². The van der Waals surface area contributed by atoms with E-state index in [4.69, 9.17) is 14.2 Å². The molecule has 1 saturated carbocycles. The molecule has 0 spiro atoms. The van der Waals surface area contributed by atoms with Gasteiger partial charge >= 0.3 is 11.9 Å². The predicted molar refractivity (Wildman–Crippen MR) is 88.6 cm³/mol. The Hall–Kier alpha value is -1.18.